The first-order chi connectivity index (χ1) is 12.3. The van der Waals surface area contributed by atoms with E-state index in [0.29, 0.717) is 17.2 Å². The predicted octanol–water partition coefficient (Wildman–Crippen LogP) is 5.15. The van der Waals surface area contributed by atoms with Gasteiger partial charge in [0, 0.05) is 6.42 Å². The van der Waals surface area contributed by atoms with Crippen molar-refractivity contribution in [3.63, 3.8) is 0 Å². The second-order valence-electron chi connectivity index (χ2n) is 5.21. The zero-order valence-electron chi connectivity index (χ0n) is 13.6. The minimum atomic E-state index is -3.41. The fraction of sp³-hybridized carbons (Fsp3) is 0.278. The first kappa shape index (κ1) is 19.9. The van der Waals surface area contributed by atoms with E-state index in [-0.39, 0.29) is 19.0 Å². The van der Waals surface area contributed by atoms with Crippen LogP contribution in [0.15, 0.2) is 48.5 Å². The van der Waals surface area contributed by atoms with Crippen molar-refractivity contribution in [3.05, 3.63) is 54.3 Å². The van der Waals surface area contributed by atoms with Gasteiger partial charge in [0.25, 0.3) is 0 Å². The highest BCUT2D eigenvalue weighted by atomic mass is 35.5. The second-order valence-corrected chi connectivity index (χ2v) is 5.76. The van der Waals surface area contributed by atoms with Crippen LogP contribution in [0.3, 0.4) is 0 Å². The number of benzene rings is 2. The van der Waals surface area contributed by atoms with Crippen molar-refractivity contribution in [1.29, 1.82) is 0 Å². The van der Waals surface area contributed by atoms with Crippen molar-refractivity contribution in [1.82, 2.24) is 0 Å². The lowest BCUT2D eigenvalue weighted by Gasteiger charge is -2.10. The molecule has 2 aromatic carbocycles. The van der Waals surface area contributed by atoms with Gasteiger partial charge in [0.1, 0.15) is 36.3 Å². The SMILES string of the molecule is O=C(CCC(F)(F)Cl)OCCOc1ccc(Oc2ccc(F)cc2)cc1. The quantitative estimate of drug-likeness (QED) is 0.338. The van der Waals surface area contributed by atoms with Gasteiger partial charge in [-0.3, -0.25) is 4.79 Å². The van der Waals surface area contributed by atoms with Gasteiger partial charge in [-0.1, -0.05) is 0 Å². The molecule has 26 heavy (non-hydrogen) atoms. The topological polar surface area (TPSA) is 44.8 Å². The minimum Gasteiger partial charge on any atom is -0.490 e. The zero-order chi connectivity index (χ0) is 19.0. The summed E-state index contributed by atoms with van der Waals surface area (Å²) in [5.74, 6) is 0.432. The molecule has 0 aliphatic heterocycles. The monoisotopic (exact) mass is 388 g/mol. The average Bonchev–Trinajstić information content (AvgIpc) is 2.60. The van der Waals surface area contributed by atoms with Crippen LogP contribution in [-0.2, 0) is 9.53 Å². The lowest BCUT2D eigenvalue weighted by atomic mass is 10.3. The molecule has 8 heteroatoms. The summed E-state index contributed by atoms with van der Waals surface area (Å²) in [5, 5.41) is -3.41. The Bertz CT molecular complexity index is 700. The summed E-state index contributed by atoms with van der Waals surface area (Å²) in [6.07, 6.45) is -1.24. The van der Waals surface area contributed by atoms with Gasteiger partial charge >= 0.3 is 11.4 Å². The Morgan fingerprint density at radius 2 is 1.46 bits per heavy atom. The van der Waals surface area contributed by atoms with Crippen LogP contribution in [-0.4, -0.2) is 24.6 Å². The first-order valence-corrected chi connectivity index (χ1v) is 8.08. The van der Waals surface area contributed by atoms with Gasteiger partial charge in [-0.25, -0.2) is 4.39 Å². The maximum atomic E-state index is 12.8. The molecule has 0 unspecified atom stereocenters. The number of rotatable bonds is 9. The van der Waals surface area contributed by atoms with E-state index in [0.717, 1.165) is 0 Å². The number of esters is 1. The van der Waals surface area contributed by atoms with Gasteiger partial charge in [0.05, 0.1) is 6.42 Å². The van der Waals surface area contributed by atoms with Gasteiger partial charge in [-0.15, -0.1) is 0 Å². The van der Waals surface area contributed by atoms with Crippen LogP contribution in [0.5, 0.6) is 17.2 Å². The van der Waals surface area contributed by atoms with Gasteiger partial charge in [-0.05, 0) is 60.1 Å². The molecule has 0 aliphatic rings. The third-order valence-electron chi connectivity index (χ3n) is 3.10. The van der Waals surface area contributed by atoms with Gasteiger partial charge < -0.3 is 14.2 Å². The van der Waals surface area contributed by atoms with Crippen molar-refractivity contribution in [2.75, 3.05) is 13.2 Å². The van der Waals surface area contributed by atoms with E-state index in [1.807, 2.05) is 0 Å². The van der Waals surface area contributed by atoms with Crippen molar-refractivity contribution < 1.29 is 32.2 Å². The highest BCUT2D eigenvalue weighted by molar-refractivity contribution is 6.21. The minimum absolute atomic E-state index is 0.0689. The zero-order valence-corrected chi connectivity index (χ0v) is 14.3. The highest BCUT2D eigenvalue weighted by Gasteiger charge is 2.25. The fourth-order valence-corrected chi connectivity index (χ4v) is 1.97. The Labute approximate surface area is 153 Å². The molecule has 0 heterocycles. The van der Waals surface area contributed by atoms with E-state index in [1.165, 1.54) is 24.3 Å². The van der Waals surface area contributed by atoms with E-state index in [4.69, 9.17) is 25.8 Å². The molecule has 0 spiro atoms. The molecule has 0 aromatic heterocycles. The number of hydrogen-bond donors (Lipinski definition) is 0. The third-order valence-corrected chi connectivity index (χ3v) is 3.29. The van der Waals surface area contributed by atoms with Crippen LogP contribution >= 0.6 is 11.6 Å². The summed E-state index contributed by atoms with van der Waals surface area (Å²) < 4.78 is 53.3. The lowest BCUT2D eigenvalue weighted by Crippen LogP contribution is -2.15. The molecule has 2 rings (SSSR count). The van der Waals surface area contributed by atoms with Crippen molar-refractivity contribution >= 4 is 17.6 Å². The van der Waals surface area contributed by atoms with Crippen LogP contribution in [0.2, 0.25) is 0 Å². The molecular formula is C18H16ClF3O4. The molecule has 0 fully saturated rings. The summed E-state index contributed by atoms with van der Waals surface area (Å²) in [5.41, 5.74) is 0. The number of carbonyl (C=O) groups is 1. The second kappa shape index (κ2) is 9.33. The maximum Gasteiger partial charge on any atom is 0.322 e. The molecule has 0 saturated heterocycles. The largest absolute Gasteiger partial charge is 0.490 e. The Kier molecular flexibility index (Phi) is 7.15. The van der Waals surface area contributed by atoms with Crippen LogP contribution in [0, 0.1) is 5.82 Å². The van der Waals surface area contributed by atoms with E-state index >= 15 is 0 Å². The Morgan fingerprint density at radius 3 is 2.04 bits per heavy atom. The van der Waals surface area contributed by atoms with Gasteiger partial charge in [0.2, 0.25) is 0 Å². The average molecular weight is 389 g/mol. The van der Waals surface area contributed by atoms with E-state index in [1.54, 1.807) is 24.3 Å². The van der Waals surface area contributed by atoms with Crippen LogP contribution in [0.4, 0.5) is 13.2 Å². The number of ether oxygens (including phenoxy) is 3. The van der Waals surface area contributed by atoms with Crippen molar-refractivity contribution in [2.45, 2.75) is 18.2 Å². The first-order valence-electron chi connectivity index (χ1n) is 7.70. The standard InChI is InChI=1S/C18H16ClF3O4/c19-18(21,22)10-9-17(23)25-12-11-24-14-5-7-16(8-6-14)26-15-3-1-13(20)2-4-15/h1-8H,9-12H2. The fourth-order valence-electron chi connectivity index (χ4n) is 1.87. The number of hydrogen-bond acceptors (Lipinski definition) is 4. The van der Waals surface area contributed by atoms with Crippen molar-refractivity contribution in [2.24, 2.45) is 0 Å². The molecule has 0 amide bonds. The van der Waals surface area contributed by atoms with Gasteiger partial charge in [-0.2, -0.15) is 8.78 Å². The Balaban J connectivity index is 1.69. The molecule has 140 valence electrons. The van der Waals surface area contributed by atoms with Crippen molar-refractivity contribution in [3.8, 4) is 17.2 Å². The summed E-state index contributed by atoms with van der Waals surface area (Å²) >= 11 is 4.70. The van der Waals surface area contributed by atoms with Crippen LogP contribution in [0.25, 0.3) is 0 Å². The third kappa shape index (κ3) is 7.65. The molecule has 0 aliphatic carbocycles. The van der Waals surface area contributed by atoms with E-state index in [9.17, 15) is 18.0 Å². The highest BCUT2D eigenvalue weighted by Crippen LogP contribution is 2.25. The maximum absolute atomic E-state index is 12.8. The number of carbonyl (C=O) groups excluding carboxylic acids is 1. The van der Waals surface area contributed by atoms with Crippen LogP contribution < -0.4 is 9.47 Å². The molecule has 4 nitrogen and oxygen atoms in total. The Morgan fingerprint density at radius 1 is 0.923 bits per heavy atom. The summed E-state index contributed by atoms with van der Waals surface area (Å²) in [7, 11) is 0. The summed E-state index contributed by atoms with van der Waals surface area (Å²) in [6, 6.07) is 12.2. The molecule has 0 bridgehead atoms. The van der Waals surface area contributed by atoms with E-state index < -0.39 is 24.2 Å². The number of alkyl halides is 3. The van der Waals surface area contributed by atoms with E-state index in [2.05, 4.69) is 0 Å². The number of halogens is 4. The predicted molar refractivity (Wildman–Crippen MR) is 89.4 cm³/mol. The molecule has 2 aromatic rings. The lowest BCUT2D eigenvalue weighted by molar-refractivity contribution is -0.145. The molecule has 0 atom stereocenters. The summed E-state index contributed by atoms with van der Waals surface area (Å²) in [4.78, 5) is 11.2. The summed E-state index contributed by atoms with van der Waals surface area (Å²) in [6.45, 7) is 0.00168. The van der Waals surface area contributed by atoms with Gasteiger partial charge in [0.15, 0.2) is 0 Å². The smallest absolute Gasteiger partial charge is 0.322 e. The molecule has 0 saturated carbocycles. The molecule has 0 radical (unpaired) electrons. The molecular weight excluding hydrogens is 373 g/mol. The van der Waals surface area contributed by atoms with Crippen LogP contribution in [0.1, 0.15) is 12.8 Å². The molecule has 0 N–H and O–H groups in total. The normalized spacial score (nSPS) is 11.1. The Hall–Kier alpha value is -2.41.